The Kier molecular flexibility index (Phi) is 13.9. The number of hydrogen-bond donors (Lipinski definition) is 0. The molecule has 1 heterocycles. The van der Waals surface area contributed by atoms with E-state index in [9.17, 15) is 0 Å². The van der Waals surface area contributed by atoms with Crippen LogP contribution in [-0.4, -0.2) is 19.9 Å². The Labute approximate surface area is 94.4 Å². The molecule has 0 aromatic heterocycles. The zero-order valence-electron chi connectivity index (χ0n) is 7.25. The third-order valence-corrected chi connectivity index (χ3v) is 1.97. The van der Waals surface area contributed by atoms with Crippen molar-refractivity contribution in [3.63, 3.8) is 0 Å². The first-order valence-corrected chi connectivity index (χ1v) is 3.85. The number of carbonyl (C=O) groups excluding carboxylic acids is 1. The van der Waals surface area contributed by atoms with E-state index in [1.54, 1.807) is 0 Å². The number of carbonyl (C=O) groups is 1. The number of rotatable bonds is 1. The van der Waals surface area contributed by atoms with Crippen molar-refractivity contribution in [2.24, 2.45) is 5.92 Å². The van der Waals surface area contributed by atoms with Crippen LogP contribution in [0.15, 0.2) is 0 Å². The average Bonchev–Trinajstić information content (AvgIpc) is 2.10. The molecular weight excluding hydrogens is 215 g/mol. The Bertz CT molecular complexity index is 74.5. The fourth-order valence-corrected chi connectivity index (χ4v) is 1.21. The van der Waals surface area contributed by atoms with Gasteiger partial charge in [0.05, 0.1) is 0 Å². The summed E-state index contributed by atoms with van der Waals surface area (Å²) in [5.74, 6) is 0.993. The molecule has 0 aromatic rings. The van der Waals surface area contributed by atoms with Gasteiger partial charge in [-0.15, -0.1) is 13.1 Å². The molecule has 0 atom stereocenters. The van der Waals surface area contributed by atoms with Gasteiger partial charge in [0.25, 0.3) is 0 Å². The second-order valence-corrected chi connectivity index (χ2v) is 2.52. The SMILES string of the molecule is C=O.CCC1CC[N-]CC1.[Y]. The smallest absolute Gasteiger partial charge is 0.106 e. The van der Waals surface area contributed by atoms with Crippen molar-refractivity contribution in [3.05, 3.63) is 5.32 Å². The molecule has 1 fully saturated rings. The maximum atomic E-state index is 8.00. The van der Waals surface area contributed by atoms with Crippen molar-refractivity contribution in [1.29, 1.82) is 0 Å². The van der Waals surface area contributed by atoms with Crippen molar-refractivity contribution in [2.75, 3.05) is 13.1 Å². The molecule has 0 saturated carbocycles. The largest absolute Gasteiger partial charge is 0.662 e. The molecule has 1 rings (SSSR count). The molecule has 0 N–H and O–H groups in total. The summed E-state index contributed by atoms with van der Waals surface area (Å²) in [6, 6.07) is 0. The van der Waals surface area contributed by atoms with Gasteiger partial charge in [0.1, 0.15) is 6.79 Å². The first kappa shape index (κ1) is 14.3. The molecular formula is C8H16NOY-. The molecule has 1 aliphatic heterocycles. The van der Waals surface area contributed by atoms with Crippen LogP contribution < -0.4 is 0 Å². The Hall–Kier alpha value is 0.734. The fourth-order valence-electron chi connectivity index (χ4n) is 1.21. The van der Waals surface area contributed by atoms with E-state index in [-0.39, 0.29) is 32.7 Å². The summed E-state index contributed by atoms with van der Waals surface area (Å²) in [5, 5.41) is 4.28. The van der Waals surface area contributed by atoms with Crippen LogP contribution in [0, 0.1) is 5.92 Å². The van der Waals surface area contributed by atoms with Gasteiger partial charge in [-0.2, -0.15) is 0 Å². The van der Waals surface area contributed by atoms with Gasteiger partial charge in [0, 0.05) is 32.7 Å². The monoisotopic (exact) mass is 231 g/mol. The van der Waals surface area contributed by atoms with Crippen LogP contribution in [0.25, 0.3) is 5.32 Å². The molecule has 0 amide bonds. The second kappa shape index (κ2) is 10.7. The predicted octanol–water partition coefficient (Wildman–Crippen LogP) is 1.99. The minimum absolute atomic E-state index is 0. The van der Waals surface area contributed by atoms with Gasteiger partial charge in [-0.25, -0.2) is 0 Å². The van der Waals surface area contributed by atoms with Crippen molar-refractivity contribution in [2.45, 2.75) is 26.2 Å². The Morgan fingerprint density at radius 3 is 2.09 bits per heavy atom. The molecule has 2 nitrogen and oxygen atoms in total. The van der Waals surface area contributed by atoms with E-state index in [1.807, 2.05) is 6.79 Å². The average molecular weight is 231 g/mol. The van der Waals surface area contributed by atoms with Gasteiger partial charge in [0.15, 0.2) is 0 Å². The van der Waals surface area contributed by atoms with E-state index >= 15 is 0 Å². The minimum Gasteiger partial charge on any atom is -0.662 e. The van der Waals surface area contributed by atoms with Gasteiger partial charge < -0.3 is 10.1 Å². The van der Waals surface area contributed by atoms with E-state index < -0.39 is 0 Å². The number of piperidine rings is 1. The van der Waals surface area contributed by atoms with Crippen LogP contribution in [0.2, 0.25) is 0 Å². The summed E-state index contributed by atoms with van der Waals surface area (Å²) in [6.45, 7) is 6.52. The molecule has 0 aromatic carbocycles. The van der Waals surface area contributed by atoms with E-state index in [0.717, 1.165) is 19.0 Å². The van der Waals surface area contributed by atoms with E-state index in [2.05, 4.69) is 12.2 Å². The zero-order valence-corrected chi connectivity index (χ0v) is 10.1. The first-order chi connectivity index (χ1) is 4.93. The molecule has 1 saturated heterocycles. The van der Waals surface area contributed by atoms with Crippen LogP contribution >= 0.6 is 0 Å². The number of nitrogens with zero attached hydrogens (tertiary/aromatic N) is 1. The molecule has 3 heteroatoms. The standard InChI is InChI=1S/C7H14N.CH2O.Y/c1-2-7-3-5-8-6-4-7;1-2;/h7H,2-6H2,1H3;1H2;/q-1;;. The normalized spacial score (nSPS) is 17.5. The Morgan fingerprint density at radius 2 is 1.82 bits per heavy atom. The van der Waals surface area contributed by atoms with Gasteiger partial charge in [-0.3, -0.25) is 0 Å². The van der Waals surface area contributed by atoms with Crippen LogP contribution in [0.1, 0.15) is 26.2 Å². The molecule has 0 aliphatic carbocycles. The molecule has 1 aliphatic rings. The number of hydrogen-bond acceptors (Lipinski definition) is 1. The zero-order chi connectivity index (χ0) is 7.82. The van der Waals surface area contributed by atoms with Crippen LogP contribution in [0.5, 0.6) is 0 Å². The third kappa shape index (κ3) is 7.11. The van der Waals surface area contributed by atoms with E-state index in [0.29, 0.717) is 0 Å². The third-order valence-electron chi connectivity index (χ3n) is 1.97. The summed E-state index contributed by atoms with van der Waals surface area (Å²) in [5.41, 5.74) is 0. The van der Waals surface area contributed by atoms with Gasteiger partial charge in [0.2, 0.25) is 0 Å². The predicted molar refractivity (Wildman–Crippen MR) is 43.2 cm³/mol. The fraction of sp³-hybridized carbons (Fsp3) is 0.875. The Balaban J connectivity index is 0. The summed E-state index contributed by atoms with van der Waals surface area (Å²) in [7, 11) is 0. The molecule has 0 spiro atoms. The van der Waals surface area contributed by atoms with Crippen molar-refractivity contribution < 1.29 is 37.5 Å². The van der Waals surface area contributed by atoms with E-state index in [1.165, 1.54) is 19.3 Å². The van der Waals surface area contributed by atoms with Crippen molar-refractivity contribution in [1.82, 2.24) is 0 Å². The van der Waals surface area contributed by atoms with E-state index in [4.69, 9.17) is 4.79 Å². The molecule has 0 bridgehead atoms. The van der Waals surface area contributed by atoms with Crippen LogP contribution in [-0.2, 0) is 37.5 Å². The van der Waals surface area contributed by atoms with Crippen molar-refractivity contribution in [3.8, 4) is 0 Å². The van der Waals surface area contributed by atoms with Gasteiger partial charge in [-0.05, 0) is 5.92 Å². The topological polar surface area (TPSA) is 31.2 Å². The minimum atomic E-state index is 0. The maximum absolute atomic E-state index is 8.00. The summed E-state index contributed by atoms with van der Waals surface area (Å²) in [4.78, 5) is 8.00. The molecule has 63 valence electrons. The van der Waals surface area contributed by atoms with Crippen LogP contribution in [0.3, 0.4) is 0 Å². The second-order valence-electron chi connectivity index (χ2n) is 2.52. The van der Waals surface area contributed by atoms with Crippen LogP contribution in [0.4, 0.5) is 0 Å². The first-order valence-electron chi connectivity index (χ1n) is 3.85. The molecule has 11 heavy (non-hydrogen) atoms. The summed E-state index contributed by atoms with van der Waals surface area (Å²) >= 11 is 0. The quantitative estimate of drug-likeness (QED) is 0.678. The van der Waals surface area contributed by atoms with Gasteiger partial charge >= 0.3 is 0 Å². The van der Waals surface area contributed by atoms with Crippen molar-refractivity contribution >= 4 is 6.79 Å². The molecule has 0 unspecified atom stereocenters. The van der Waals surface area contributed by atoms with Gasteiger partial charge in [-0.1, -0.05) is 26.2 Å². The maximum Gasteiger partial charge on any atom is 0.106 e. The Morgan fingerprint density at radius 1 is 1.36 bits per heavy atom. The molecule has 1 radical (unpaired) electrons. The summed E-state index contributed by atoms with van der Waals surface area (Å²) < 4.78 is 0. The summed E-state index contributed by atoms with van der Waals surface area (Å²) in [6.07, 6.45) is 4.04.